The minimum absolute atomic E-state index is 0.792. The van der Waals surface area contributed by atoms with Gasteiger partial charge in [-0.05, 0) is 30.7 Å². The SMILES string of the molecule is CCc1cc(CNc2cccc(Br)c2)n(C)n1. The van der Waals surface area contributed by atoms with E-state index in [1.165, 1.54) is 5.69 Å². The molecular weight excluding hydrogens is 278 g/mol. The van der Waals surface area contributed by atoms with E-state index in [1.54, 1.807) is 0 Å². The lowest BCUT2D eigenvalue weighted by Crippen LogP contribution is -2.05. The molecule has 90 valence electrons. The van der Waals surface area contributed by atoms with E-state index in [9.17, 15) is 0 Å². The van der Waals surface area contributed by atoms with Crippen LogP contribution < -0.4 is 5.32 Å². The largest absolute Gasteiger partial charge is 0.379 e. The molecule has 0 amide bonds. The standard InChI is InChI=1S/C13H16BrN3/c1-3-11-8-13(17(2)16-11)9-15-12-6-4-5-10(14)7-12/h4-8,15H,3,9H2,1-2H3. The van der Waals surface area contributed by atoms with Gasteiger partial charge < -0.3 is 5.32 Å². The van der Waals surface area contributed by atoms with Gasteiger partial charge in [0.1, 0.15) is 0 Å². The number of nitrogens with zero attached hydrogens (tertiary/aromatic N) is 2. The Labute approximate surface area is 110 Å². The van der Waals surface area contributed by atoms with E-state index in [2.05, 4.69) is 51.5 Å². The van der Waals surface area contributed by atoms with Crippen molar-refractivity contribution in [3.8, 4) is 0 Å². The Morgan fingerprint density at radius 1 is 1.35 bits per heavy atom. The summed E-state index contributed by atoms with van der Waals surface area (Å²) in [6, 6.07) is 10.3. The molecule has 2 aromatic rings. The van der Waals surface area contributed by atoms with Gasteiger partial charge in [0.2, 0.25) is 0 Å². The maximum Gasteiger partial charge on any atom is 0.0625 e. The first-order chi connectivity index (χ1) is 8.19. The topological polar surface area (TPSA) is 29.9 Å². The highest BCUT2D eigenvalue weighted by Gasteiger charge is 2.03. The number of hydrogen-bond acceptors (Lipinski definition) is 2. The van der Waals surface area contributed by atoms with Crippen LogP contribution in [0.3, 0.4) is 0 Å². The second kappa shape index (κ2) is 5.36. The summed E-state index contributed by atoms with van der Waals surface area (Å²) < 4.78 is 3.02. The summed E-state index contributed by atoms with van der Waals surface area (Å²) in [5.41, 5.74) is 3.44. The Balaban J connectivity index is 2.04. The molecule has 1 N–H and O–H groups in total. The van der Waals surface area contributed by atoms with Crippen molar-refractivity contribution in [2.24, 2.45) is 7.05 Å². The van der Waals surface area contributed by atoms with E-state index in [0.29, 0.717) is 0 Å². The minimum Gasteiger partial charge on any atom is -0.379 e. The average Bonchev–Trinajstić information content (AvgIpc) is 2.68. The predicted octanol–water partition coefficient (Wildman–Crippen LogP) is 3.36. The maximum absolute atomic E-state index is 4.43. The van der Waals surface area contributed by atoms with Crippen molar-refractivity contribution in [3.05, 3.63) is 46.2 Å². The van der Waals surface area contributed by atoms with Crippen LogP contribution in [0.15, 0.2) is 34.8 Å². The molecule has 1 aromatic carbocycles. The van der Waals surface area contributed by atoms with Gasteiger partial charge in [-0.15, -0.1) is 0 Å². The molecule has 0 fully saturated rings. The molecule has 0 aliphatic rings. The molecule has 0 aliphatic carbocycles. The van der Waals surface area contributed by atoms with Crippen LogP contribution >= 0.6 is 15.9 Å². The number of anilines is 1. The van der Waals surface area contributed by atoms with Gasteiger partial charge in [0.15, 0.2) is 0 Å². The highest BCUT2D eigenvalue weighted by molar-refractivity contribution is 9.10. The van der Waals surface area contributed by atoms with Crippen molar-refractivity contribution < 1.29 is 0 Å². The first-order valence-electron chi connectivity index (χ1n) is 5.70. The molecule has 1 aromatic heterocycles. The number of halogens is 1. The van der Waals surface area contributed by atoms with E-state index < -0.39 is 0 Å². The summed E-state index contributed by atoms with van der Waals surface area (Å²) in [6.07, 6.45) is 0.977. The van der Waals surface area contributed by atoms with Gasteiger partial charge in [0.05, 0.1) is 17.9 Å². The summed E-state index contributed by atoms with van der Waals surface area (Å²) in [7, 11) is 1.98. The Bertz CT molecular complexity index is 505. The van der Waals surface area contributed by atoms with E-state index in [1.807, 2.05) is 23.9 Å². The highest BCUT2D eigenvalue weighted by Crippen LogP contribution is 2.16. The fourth-order valence-electron chi connectivity index (χ4n) is 1.70. The van der Waals surface area contributed by atoms with Crippen LogP contribution in [0.1, 0.15) is 18.3 Å². The zero-order valence-electron chi connectivity index (χ0n) is 10.1. The van der Waals surface area contributed by atoms with Crippen LogP contribution in [0.25, 0.3) is 0 Å². The number of hydrogen-bond donors (Lipinski definition) is 1. The van der Waals surface area contributed by atoms with Crippen molar-refractivity contribution in [1.82, 2.24) is 9.78 Å². The maximum atomic E-state index is 4.43. The van der Waals surface area contributed by atoms with Crippen LogP contribution in [0.5, 0.6) is 0 Å². The Morgan fingerprint density at radius 2 is 2.18 bits per heavy atom. The second-order valence-corrected chi connectivity index (χ2v) is 4.88. The quantitative estimate of drug-likeness (QED) is 0.937. The van der Waals surface area contributed by atoms with Crippen LogP contribution in [0.4, 0.5) is 5.69 Å². The molecule has 0 bridgehead atoms. The van der Waals surface area contributed by atoms with Crippen LogP contribution in [0, 0.1) is 0 Å². The summed E-state index contributed by atoms with van der Waals surface area (Å²) in [6.45, 7) is 2.91. The zero-order chi connectivity index (χ0) is 12.3. The van der Waals surface area contributed by atoms with Gasteiger partial charge in [-0.25, -0.2) is 0 Å². The third-order valence-electron chi connectivity index (χ3n) is 2.69. The number of aryl methyl sites for hydroxylation is 2. The van der Waals surface area contributed by atoms with Crippen LogP contribution in [0.2, 0.25) is 0 Å². The first-order valence-corrected chi connectivity index (χ1v) is 6.49. The van der Waals surface area contributed by atoms with Crippen LogP contribution in [-0.4, -0.2) is 9.78 Å². The minimum atomic E-state index is 0.792. The summed E-state index contributed by atoms with van der Waals surface area (Å²) in [5, 5.41) is 7.82. The molecule has 0 atom stereocenters. The molecule has 0 saturated heterocycles. The van der Waals surface area contributed by atoms with E-state index >= 15 is 0 Å². The van der Waals surface area contributed by atoms with Gasteiger partial charge in [0, 0.05) is 17.2 Å². The lowest BCUT2D eigenvalue weighted by molar-refractivity contribution is 0.707. The highest BCUT2D eigenvalue weighted by atomic mass is 79.9. The van der Waals surface area contributed by atoms with Crippen molar-refractivity contribution in [3.63, 3.8) is 0 Å². The van der Waals surface area contributed by atoms with E-state index in [0.717, 1.165) is 28.8 Å². The van der Waals surface area contributed by atoms with E-state index in [4.69, 9.17) is 0 Å². The zero-order valence-corrected chi connectivity index (χ0v) is 11.7. The summed E-state index contributed by atoms with van der Waals surface area (Å²) >= 11 is 3.46. The first kappa shape index (κ1) is 12.2. The van der Waals surface area contributed by atoms with Crippen molar-refractivity contribution in [2.45, 2.75) is 19.9 Å². The monoisotopic (exact) mass is 293 g/mol. The number of benzene rings is 1. The molecular formula is C13H16BrN3. The second-order valence-electron chi connectivity index (χ2n) is 3.97. The molecule has 1 heterocycles. The van der Waals surface area contributed by atoms with Gasteiger partial charge in [-0.3, -0.25) is 4.68 Å². The van der Waals surface area contributed by atoms with Crippen molar-refractivity contribution >= 4 is 21.6 Å². The third kappa shape index (κ3) is 3.09. The van der Waals surface area contributed by atoms with Gasteiger partial charge >= 0.3 is 0 Å². The van der Waals surface area contributed by atoms with Crippen molar-refractivity contribution in [1.29, 1.82) is 0 Å². The molecule has 2 rings (SSSR count). The lowest BCUT2D eigenvalue weighted by Gasteiger charge is -2.06. The molecule has 0 spiro atoms. The third-order valence-corrected chi connectivity index (χ3v) is 3.18. The fraction of sp³-hybridized carbons (Fsp3) is 0.308. The van der Waals surface area contributed by atoms with Gasteiger partial charge in [-0.1, -0.05) is 28.9 Å². The fourth-order valence-corrected chi connectivity index (χ4v) is 2.10. The smallest absolute Gasteiger partial charge is 0.0625 e. The number of aromatic nitrogens is 2. The van der Waals surface area contributed by atoms with Crippen molar-refractivity contribution in [2.75, 3.05) is 5.32 Å². The predicted molar refractivity (Wildman–Crippen MR) is 74.1 cm³/mol. The summed E-state index contributed by atoms with van der Waals surface area (Å²) in [4.78, 5) is 0. The normalized spacial score (nSPS) is 10.5. The number of nitrogens with one attached hydrogen (secondary N) is 1. The molecule has 0 unspecified atom stereocenters. The molecule has 3 nitrogen and oxygen atoms in total. The lowest BCUT2D eigenvalue weighted by atomic mass is 10.3. The molecule has 0 aliphatic heterocycles. The molecule has 0 radical (unpaired) electrons. The number of rotatable bonds is 4. The molecule has 17 heavy (non-hydrogen) atoms. The average molecular weight is 294 g/mol. The van der Waals surface area contributed by atoms with Crippen LogP contribution in [-0.2, 0) is 20.0 Å². The van der Waals surface area contributed by atoms with E-state index in [-0.39, 0.29) is 0 Å². The Hall–Kier alpha value is -1.29. The Morgan fingerprint density at radius 3 is 2.82 bits per heavy atom. The summed E-state index contributed by atoms with van der Waals surface area (Å²) in [5.74, 6) is 0. The molecule has 0 saturated carbocycles. The molecule has 4 heteroatoms. The van der Waals surface area contributed by atoms with Gasteiger partial charge in [-0.2, -0.15) is 5.10 Å². The Kier molecular flexibility index (Phi) is 3.84. The van der Waals surface area contributed by atoms with Gasteiger partial charge in [0.25, 0.3) is 0 Å².